The van der Waals surface area contributed by atoms with Crippen molar-refractivity contribution in [2.75, 3.05) is 13.2 Å². The third-order valence-electron chi connectivity index (χ3n) is 2.43. The van der Waals surface area contributed by atoms with Crippen LogP contribution in [0.3, 0.4) is 0 Å². The summed E-state index contributed by atoms with van der Waals surface area (Å²) in [5, 5.41) is 7.72. The lowest BCUT2D eigenvalue weighted by molar-refractivity contribution is -0.0461. The van der Waals surface area contributed by atoms with Gasteiger partial charge in [0.25, 0.3) is 0 Å². The van der Waals surface area contributed by atoms with Crippen molar-refractivity contribution in [2.45, 2.75) is 25.8 Å². The molecule has 0 spiro atoms. The molecule has 1 aliphatic rings. The Morgan fingerprint density at radius 2 is 2.21 bits per heavy atom. The second-order valence-corrected chi connectivity index (χ2v) is 4.15. The monoisotopic (exact) mass is 197 g/mol. The molecular formula is C9H15N3O2. The van der Waals surface area contributed by atoms with E-state index in [-0.39, 0.29) is 0 Å². The molecule has 0 aliphatic carbocycles. The first-order valence-corrected chi connectivity index (χ1v) is 4.75. The van der Waals surface area contributed by atoms with Crippen molar-refractivity contribution in [3.63, 3.8) is 0 Å². The van der Waals surface area contributed by atoms with Gasteiger partial charge in [0, 0.05) is 12.8 Å². The fraction of sp³-hybridized carbons (Fsp3) is 0.778. The minimum absolute atomic E-state index is 0.516. The largest absolute Gasteiger partial charge is 0.424 e. The van der Waals surface area contributed by atoms with Crippen LogP contribution in [0.1, 0.15) is 25.1 Å². The van der Waals surface area contributed by atoms with Crippen LogP contribution in [0.2, 0.25) is 0 Å². The Morgan fingerprint density at radius 1 is 1.50 bits per heavy atom. The highest BCUT2D eigenvalue weighted by molar-refractivity contribution is 4.99. The molecule has 1 aromatic rings. The van der Waals surface area contributed by atoms with Crippen LogP contribution in [-0.2, 0) is 10.3 Å². The normalized spacial score (nSPS) is 21.6. The van der Waals surface area contributed by atoms with Gasteiger partial charge in [0.15, 0.2) is 0 Å². The SMILES string of the molecule is Cc1nnc(C(C)(N)CC2COC2)o1. The number of nitrogens with zero attached hydrogens (tertiary/aromatic N) is 2. The summed E-state index contributed by atoms with van der Waals surface area (Å²) >= 11 is 0. The molecule has 1 saturated heterocycles. The molecule has 1 unspecified atom stereocenters. The highest BCUT2D eigenvalue weighted by atomic mass is 16.5. The molecule has 0 bridgehead atoms. The van der Waals surface area contributed by atoms with Crippen LogP contribution < -0.4 is 5.73 Å². The third-order valence-corrected chi connectivity index (χ3v) is 2.43. The maximum absolute atomic E-state index is 6.11. The molecule has 2 heterocycles. The maximum Gasteiger partial charge on any atom is 0.235 e. The van der Waals surface area contributed by atoms with Crippen molar-refractivity contribution in [1.29, 1.82) is 0 Å². The van der Waals surface area contributed by atoms with Crippen LogP contribution in [0.4, 0.5) is 0 Å². The lowest BCUT2D eigenvalue weighted by Crippen LogP contribution is -2.41. The van der Waals surface area contributed by atoms with Crippen LogP contribution in [0.15, 0.2) is 4.42 Å². The van der Waals surface area contributed by atoms with Crippen LogP contribution >= 0.6 is 0 Å². The molecule has 0 amide bonds. The summed E-state index contributed by atoms with van der Waals surface area (Å²) in [6.07, 6.45) is 0.828. The molecule has 78 valence electrons. The zero-order chi connectivity index (χ0) is 10.2. The summed E-state index contributed by atoms with van der Waals surface area (Å²) in [4.78, 5) is 0. The van der Waals surface area contributed by atoms with Gasteiger partial charge in [-0.15, -0.1) is 10.2 Å². The standard InChI is InChI=1S/C9H15N3O2/c1-6-11-12-8(14-6)9(2,10)3-7-4-13-5-7/h7H,3-5,10H2,1-2H3. The number of aromatic nitrogens is 2. The number of nitrogens with two attached hydrogens (primary N) is 1. The average Bonchev–Trinajstić information content (AvgIpc) is 2.45. The molecule has 5 nitrogen and oxygen atoms in total. The Kier molecular flexibility index (Phi) is 2.28. The third kappa shape index (κ3) is 1.78. The quantitative estimate of drug-likeness (QED) is 0.767. The fourth-order valence-corrected chi connectivity index (χ4v) is 1.62. The van der Waals surface area contributed by atoms with Crippen LogP contribution in [0, 0.1) is 12.8 Å². The zero-order valence-electron chi connectivity index (χ0n) is 8.49. The van der Waals surface area contributed by atoms with Crippen molar-refractivity contribution in [2.24, 2.45) is 11.7 Å². The predicted molar refractivity (Wildman–Crippen MR) is 49.5 cm³/mol. The summed E-state index contributed by atoms with van der Waals surface area (Å²) < 4.78 is 10.4. The summed E-state index contributed by atoms with van der Waals surface area (Å²) in [6, 6.07) is 0. The summed E-state index contributed by atoms with van der Waals surface area (Å²) in [5.74, 6) is 1.60. The first-order valence-electron chi connectivity index (χ1n) is 4.75. The van der Waals surface area contributed by atoms with Gasteiger partial charge in [0.1, 0.15) is 0 Å². The number of aryl methyl sites for hydroxylation is 1. The maximum atomic E-state index is 6.11. The van der Waals surface area contributed by atoms with Gasteiger partial charge in [0.05, 0.1) is 18.8 Å². The van der Waals surface area contributed by atoms with E-state index in [1.807, 2.05) is 6.92 Å². The van der Waals surface area contributed by atoms with Crippen LogP contribution in [0.5, 0.6) is 0 Å². The first-order chi connectivity index (χ1) is 6.58. The van der Waals surface area contributed by atoms with Crippen molar-refractivity contribution >= 4 is 0 Å². The van der Waals surface area contributed by atoms with Gasteiger partial charge in [0.2, 0.25) is 11.8 Å². The molecule has 0 saturated carbocycles. The van der Waals surface area contributed by atoms with E-state index in [2.05, 4.69) is 10.2 Å². The number of hydrogen-bond donors (Lipinski definition) is 1. The Hall–Kier alpha value is -0.940. The number of ether oxygens (including phenoxy) is 1. The smallest absolute Gasteiger partial charge is 0.235 e. The fourth-order valence-electron chi connectivity index (χ4n) is 1.62. The van der Waals surface area contributed by atoms with Crippen molar-refractivity contribution in [1.82, 2.24) is 10.2 Å². The van der Waals surface area contributed by atoms with Crippen molar-refractivity contribution in [3.05, 3.63) is 11.8 Å². The topological polar surface area (TPSA) is 74.2 Å². The lowest BCUT2D eigenvalue weighted by Gasteiger charge is -2.32. The summed E-state index contributed by atoms with van der Waals surface area (Å²) in [7, 11) is 0. The van der Waals surface area contributed by atoms with Gasteiger partial charge in [-0.25, -0.2) is 0 Å². The Balaban J connectivity index is 2.06. The van der Waals surface area contributed by atoms with Gasteiger partial charge in [-0.1, -0.05) is 0 Å². The first kappa shape index (κ1) is 9.61. The Morgan fingerprint density at radius 3 is 2.64 bits per heavy atom. The number of rotatable bonds is 3. The molecule has 1 aliphatic heterocycles. The van der Waals surface area contributed by atoms with E-state index in [1.165, 1.54) is 0 Å². The molecule has 0 radical (unpaired) electrons. The van der Waals surface area contributed by atoms with Gasteiger partial charge < -0.3 is 14.9 Å². The summed E-state index contributed by atoms with van der Waals surface area (Å²) in [6.45, 7) is 5.26. The molecule has 2 rings (SSSR count). The Labute approximate surface area is 82.6 Å². The highest BCUT2D eigenvalue weighted by Crippen LogP contribution is 2.28. The van der Waals surface area contributed by atoms with E-state index in [0.717, 1.165) is 19.6 Å². The molecule has 1 atom stereocenters. The van der Waals surface area contributed by atoms with E-state index in [4.69, 9.17) is 14.9 Å². The Bertz CT molecular complexity index is 318. The lowest BCUT2D eigenvalue weighted by atomic mass is 9.88. The molecule has 1 fully saturated rings. The van der Waals surface area contributed by atoms with Crippen LogP contribution in [0.25, 0.3) is 0 Å². The molecule has 2 N–H and O–H groups in total. The molecule has 14 heavy (non-hydrogen) atoms. The molecule has 5 heteroatoms. The number of hydrogen-bond acceptors (Lipinski definition) is 5. The zero-order valence-corrected chi connectivity index (χ0v) is 8.49. The van der Waals surface area contributed by atoms with Crippen molar-refractivity contribution in [3.8, 4) is 0 Å². The molecule has 0 aromatic carbocycles. The highest BCUT2D eigenvalue weighted by Gasteiger charge is 2.33. The van der Waals surface area contributed by atoms with E-state index in [9.17, 15) is 0 Å². The van der Waals surface area contributed by atoms with E-state index in [1.54, 1.807) is 6.92 Å². The minimum atomic E-state index is -0.532. The van der Waals surface area contributed by atoms with Gasteiger partial charge in [-0.3, -0.25) is 0 Å². The van der Waals surface area contributed by atoms with E-state index < -0.39 is 5.54 Å². The van der Waals surface area contributed by atoms with Gasteiger partial charge >= 0.3 is 0 Å². The predicted octanol–water partition coefficient (Wildman–Crippen LogP) is 0.588. The van der Waals surface area contributed by atoms with Crippen LogP contribution in [-0.4, -0.2) is 23.4 Å². The second-order valence-electron chi connectivity index (χ2n) is 4.15. The van der Waals surface area contributed by atoms with Gasteiger partial charge in [-0.2, -0.15) is 0 Å². The summed E-state index contributed by atoms with van der Waals surface area (Å²) in [5.41, 5.74) is 5.58. The second kappa shape index (κ2) is 3.33. The van der Waals surface area contributed by atoms with Gasteiger partial charge in [-0.05, 0) is 13.3 Å². The van der Waals surface area contributed by atoms with Crippen molar-refractivity contribution < 1.29 is 9.15 Å². The minimum Gasteiger partial charge on any atom is -0.424 e. The average molecular weight is 197 g/mol. The van der Waals surface area contributed by atoms with E-state index in [0.29, 0.717) is 17.7 Å². The van der Waals surface area contributed by atoms with E-state index >= 15 is 0 Å². The molecule has 1 aromatic heterocycles. The molecular weight excluding hydrogens is 182 g/mol.